The van der Waals surface area contributed by atoms with Gasteiger partial charge in [0.1, 0.15) is 5.82 Å². The van der Waals surface area contributed by atoms with Crippen LogP contribution in [-0.2, 0) is 11.2 Å². The van der Waals surface area contributed by atoms with E-state index in [4.69, 9.17) is 0 Å². The molecule has 0 amide bonds. The number of aromatic nitrogens is 2. The molecular weight excluding hydrogens is 259 g/mol. The Kier molecular flexibility index (Phi) is 2.80. The molecule has 0 radical (unpaired) electrons. The molecule has 1 aromatic heterocycles. The largest absolute Gasteiger partial charge is 0.450 e. The van der Waals surface area contributed by atoms with E-state index in [1.54, 1.807) is 0 Å². The lowest BCUT2D eigenvalue weighted by molar-refractivity contribution is -0.170. The standard InChI is InChI=1S/C10H5F5N2O/c11-4-1-6-7(2-5(4)12)17-9(16-6)3-8(18)10(13,14)15/h1-2H,3H2,(H,16,17). The Labute approximate surface area is 96.6 Å². The monoisotopic (exact) mass is 264 g/mol. The molecule has 3 nitrogen and oxygen atoms in total. The van der Waals surface area contributed by atoms with Crippen molar-refractivity contribution in [3.63, 3.8) is 0 Å². The number of aromatic amines is 1. The minimum Gasteiger partial charge on any atom is -0.342 e. The van der Waals surface area contributed by atoms with Crippen molar-refractivity contribution in [2.45, 2.75) is 12.6 Å². The molecule has 0 unspecified atom stereocenters. The molecule has 0 atom stereocenters. The van der Waals surface area contributed by atoms with E-state index < -0.39 is 30.0 Å². The average molecular weight is 264 g/mol. The van der Waals surface area contributed by atoms with E-state index >= 15 is 0 Å². The molecule has 8 heteroatoms. The van der Waals surface area contributed by atoms with Gasteiger partial charge in [0.25, 0.3) is 0 Å². The quantitative estimate of drug-likeness (QED) is 0.847. The second-order valence-corrected chi connectivity index (χ2v) is 3.56. The molecule has 1 N–H and O–H groups in total. The zero-order chi connectivity index (χ0) is 13.5. The van der Waals surface area contributed by atoms with Gasteiger partial charge in [-0.3, -0.25) is 4.79 Å². The first-order valence-corrected chi connectivity index (χ1v) is 4.71. The Bertz CT molecular complexity index is 577. The summed E-state index contributed by atoms with van der Waals surface area (Å²) in [6.07, 6.45) is -5.96. The van der Waals surface area contributed by atoms with Gasteiger partial charge in [-0.15, -0.1) is 0 Å². The lowest BCUT2D eigenvalue weighted by Crippen LogP contribution is -2.24. The second-order valence-electron chi connectivity index (χ2n) is 3.56. The summed E-state index contributed by atoms with van der Waals surface area (Å²) >= 11 is 0. The van der Waals surface area contributed by atoms with Gasteiger partial charge in [0.15, 0.2) is 11.6 Å². The number of imidazole rings is 1. The first kappa shape index (κ1) is 12.5. The van der Waals surface area contributed by atoms with Crippen LogP contribution in [0, 0.1) is 11.6 Å². The van der Waals surface area contributed by atoms with E-state index in [0.717, 1.165) is 12.1 Å². The van der Waals surface area contributed by atoms with Crippen molar-refractivity contribution < 1.29 is 26.7 Å². The predicted molar refractivity (Wildman–Crippen MR) is 50.8 cm³/mol. The van der Waals surface area contributed by atoms with Gasteiger partial charge in [0, 0.05) is 12.1 Å². The molecule has 0 bridgehead atoms. The van der Waals surface area contributed by atoms with Gasteiger partial charge >= 0.3 is 6.18 Å². The third-order valence-corrected chi connectivity index (χ3v) is 2.22. The summed E-state index contributed by atoms with van der Waals surface area (Å²) < 4.78 is 61.7. The molecule has 0 saturated carbocycles. The van der Waals surface area contributed by atoms with Crippen molar-refractivity contribution in [1.29, 1.82) is 0 Å². The first-order chi connectivity index (χ1) is 8.27. The normalized spacial score (nSPS) is 12.1. The summed E-state index contributed by atoms with van der Waals surface area (Å²) in [4.78, 5) is 16.6. The summed E-state index contributed by atoms with van der Waals surface area (Å²) in [6.45, 7) is 0. The number of H-pyrrole nitrogens is 1. The molecule has 18 heavy (non-hydrogen) atoms. The van der Waals surface area contributed by atoms with Gasteiger partial charge in [0.2, 0.25) is 5.78 Å². The van der Waals surface area contributed by atoms with Crippen LogP contribution in [0.4, 0.5) is 22.0 Å². The molecule has 1 aromatic carbocycles. The second kappa shape index (κ2) is 4.04. The highest BCUT2D eigenvalue weighted by molar-refractivity contribution is 5.86. The van der Waals surface area contributed by atoms with Gasteiger partial charge in [-0.25, -0.2) is 13.8 Å². The maximum Gasteiger partial charge on any atom is 0.450 e. The molecular formula is C10H5F5N2O. The van der Waals surface area contributed by atoms with Crippen LogP contribution in [0.5, 0.6) is 0 Å². The van der Waals surface area contributed by atoms with Crippen LogP contribution in [0.25, 0.3) is 11.0 Å². The Balaban J connectivity index is 2.34. The molecule has 2 aromatic rings. The Hall–Kier alpha value is -1.99. The lowest BCUT2D eigenvalue weighted by atomic mass is 10.3. The van der Waals surface area contributed by atoms with Crippen LogP contribution in [0.2, 0.25) is 0 Å². The van der Waals surface area contributed by atoms with Gasteiger partial charge < -0.3 is 4.98 Å². The number of hydrogen-bond donors (Lipinski definition) is 1. The smallest absolute Gasteiger partial charge is 0.342 e. The van der Waals surface area contributed by atoms with E-state index in [1.165, 1.54) is 0 Å². The summed E-state index contributed by atoms with van der Waals surface area (Å²) in [5.74, 6) is -4.60. The number of ketones is 1. The maximum absolute atomic E-state index is 12.8. The summed E-state index contributed by atoms with van der Waals surface area (Å²) in [5, 5.41) is 0. The fraction of sp³-hybridized carbons (Fsp3) is 0.200. The van der Waals surface area contributed by atoms with Gasteiger partial charge in [-0.2, -0.15) is 13.2 Å². The number of nitrogens with one attached hydrogen (secondary N) is 1. The van der Waals surface area contributed by atoms with Crippen molar-refractivity contribution in [3.8, 4) is 0 Å². The predicted octanol–water partition coefficient (Wildman–Crippen LogP) is 2.51. The zero-order valence-electron chi connectivity index (χ0n) is 8.61. The molecule has 0 spiro atoms. The van der Waals surface area contributed by atoms with Gasteiger partial charge in [0.05, 0.1) is 17.5 Å². The fourth-order valence-corrected chi connectivity index (χ4v) is 1.39. The van der Waals surface area contributed by atoms with Crippen molar-refractivity contribution in [3.05, 3.63) is 29.6 Å². The van der Waals surface area contributed by atoms with Gasteiger partial charge in [-0.05, 0) is 0 Å². The Morgan fingerprint density at radius 3 is 2.44 bits per heavy atom. The SMILES string of the molecule is O=C(Cc1nc2cc(F)c(F)cc2[nH]1)C(F)(F)F. The van der Waals surface area contributed by atoms with E-state index in [-0.39, 0.29) is 16.9 Å². The number of carbonyl (C=O) groups is 1. The summed E-state index contributed by atoms with van der Waals surface area (Å²) in [7, 11) is 0. The number of benzene rings is 1. The summed E-state index contributed by atoms with van der Waals surface area (Å²) in [5.41, 5.74) is -0.0160. The number of Topliss-reactive ketones (excluding diaryl/α,β-unsaturated/α-hetero) is 1. The Morgan fingerprint density at radius 1 is 1.22 bits per heavy atom. The third-order valence-electron chi connectivity index (χ3n) is 2.22. The number of alkyl halides is 3. The van der Waals surface area contributed by atoms with E-state index in [0.29, 0.717) is 0 Å². The molecule has 2 rings (SSSR count). The molecule has 96 valence electrons. The fourth-order valence-electron chi connectivity index (χ4n) is 1.39. The molecule has 0 aliphatic heterocycles. The van der Waals surface area contributed by atoms with Crippen LogP contribution < -0.4 is 0 Å². The molecule has 0 saturated heterocycles. The maximum atomic E-state index is 12.8. The number of carbonyl (C=O) groups excluding carboxylic acids is 1. The van der Waals surface area contributed by atoms with Crippen molar-refractivity contribution in [2.24, 2.45) is 0 Å². The highest BCUT2D eigenvalue weighted by Gasteiger charge is 2.38. The topological polar surface area (TPSA) is 45.8 Å². The minimum atomic E-state index is -4.96. The molecule has 0 fully saturated rings. The van der Waals surface area contributed by atoms with E-state index in [1.807, 2.05) is 0 Å². The zero-order valence-corrected chi connectivity index (χ0v) is 8.61. The summed E-state index contributed by atoms with van der Waals surface area (Å²) in [6, 6.07) is 1.50. The van der Waals surface area contributed by atoms with Crippen LogP contribution in [0.15, 0.2) is 12.1 Å². The number of nitrogens with zero attached hydrogens (tertiary/aromatic N) is 1. The lowest BCUT2D eigenvalue weighted by Gasteiger charge is -2.01. The van der Waals surface area contributed by atoms with Crippen molar-refractivity contribution in [2.75, 3.05) is 0 Å². The number of halogens is 5. The molecule has 0 aliphatic rings. The molecule has 0 aliphatic carbocycles. The molecule has 1 heterocycles. The van der Waals surface area contributed by atoms with E-state index in [9.17, 15) is 26.7 Å². The average Bonchev–Trinajstić information content (AvgIpc) is 2.59. The third kappa shape index (κ3) is 2.31. The minimum absolute atomic E-state index is 0.0267. The van der Waals surface area contributed by atoms with Crippen molar-refractivity contribution in [1.82, 2.24) is 9.97 Å². The first-order valence-electron chi connectivity index (χ1n) is 4.71. The highest BCUT2D eigenvalue weighted by Crippen LogP contribution is 2.20. The van der Waals surface area contributed by atoms with Crippen LogP contribution >= 0.6 is 0 Å². The van der Waals surface area contributed by atoms with Gasteiger partial charge in [-0.1, -0.05) is 0 Å². The van der Waals surface area contributed by atoms with Crippen LogP contribution in [0.1, 0.15) is 5.82 Å². The van der Waals surface area contributed by atoms with Crippen molar-refractivity contribution >= 4 is 16.8 Å². The van der Waals surface area contributed by atoms with Crippen LogP contribution in [-0.4, -0.2) is 21.9 Å². The van der Waals surface area contributed by atoms with E-state index in [2.05, 4.69) is 9.97 Å². The van der Waals surface area contributed by atoms with Crippen LogP contribution in [0.3, 0.4) is 0 Å². The Morgan fingerprint density at radius 2 is 1.83 bits per heavy atom. The number of rotatable bonds is 2. The number of hydrogen-bond acceptors (Lipinski definition) is 2. The number of fused-ring (bicyclic) bond motifs is 1. The highest BCUT2D eigenvalue weighted by atomic mass is 19.4.